The van der Waals surface area contributed by atoms with Gasteiger partial charge in [0.05, 0.1) is 7.11 Å². The molecule has 1 heterocycles. The van der Waals surface area contributed by atoms with Crippen LogP contribution in [-0.4, -0.2) is 46.1 Å². The fourth-order valence-electron chi connectivity index (χ4n) is 3.08. The normalized spacial score (nSPS) is 14.6. The zero-order valence-corrected chi connectivity index (χ0v) is 17.0. The summed E-state index contributed by atoms with van der Waals surface area (Å²) in [5, 5.41) is 0. The molecule has 0 radical (unpaired) electrons. The van der Waals surface area contributed by atoms with Crippen molar-refractivity contribution in [2.75, 3.05) is 31.6 Å². The maximum Gasteiger partial charge on any atom is 0.339 e. The van der Waals surface area contributed by atoms with Gasteiger partial charge >= 0.3 is 16.1 Å². The summed E-state index contributed by atoms with van der Waals surface area (Å²) < 4.78 is 35.5. The second kappa shape index (κ2) is 8.10. The van der Waals surface area contributed by atoms with Crippen molar-refractivity contribution in [2.24, 2.45) is 5.92 Å². The van der Waals surface area contributed by atoms with Crippen LogP contribution in [0.1, 0.15) is 13.8 Å². The number of carbonyl (C=O) groups is 1. The third-order valence-electron chi connectivity index (χ3n) is 4.39. The Morgan fingerprint density at radius 2 is 1.64 bits per heavy atom. The lowest BCUT2D eigenvalue weighted by atomic mass is 10.2. The van der Waals surface area contributed by atoms with Gasteiger partial charge in [-0.25, -0.2) is 4.79 Å². The highest BCUT2D eigenvalue weighted by Gasteiger charge is 2.30. The Balaban J connectivity index is 1.76. The number of hydrogen-bond acceptors (Lipinski definition) is 5. The van der Waals surface area contributed by atoms with Gasteiger partial charge in [-0.05, 0) is 42.3 Å². The van der Waals surface area contributed by atoms with Crippen LogP contribution in [0.15, 0.2) is 53.4 Å². The highest BCUT2D eigenvalue weighted by Crippen LogP contribution is 2.30. The number of anilines is 1. The molecule has 2 aromatic rings. The molecule has 0 spiro atoms. The second-order valence-electron chi connectivity index (χ2n) is 6.96. The molecule has 1 aliphatic rings. The van der Waals surface area contributed by atoms with Crippen molar-refractivity contribution in [3.8, 4) is 11.5 Å². The van der Waals surface area contributed by atoms with E-state index in [9.17, 15) is 13.2 Å². The summed E-state index contributed by atoms with van der Waals surface area (Å²) >= 11 is 0. The predicted molar refractivity (Wildman–Crippen MR) is 106 cm³/mol. The van der Waals surface area contributed by atoms with Crippen molar-refractivity contribution >= 4 is 21.8 Å². The third kappa shape index (κ3) is 4.22. The van der Waals surface area contributed by atoms with Crippen molar-refractivity contribution in [1.82, 2.24) is 4.90 Å². The molecular weight excluding hydrogens is 380 g/mol. The van der Waals surface area contributed by atoms with Crippen molar-refractivity contribution in [2.45, 2.75) is 18.7 Å². The molecule has 0 aromatic heterocycles. The number of ether oxygens (including phenoxy) is 1. The highest BCUT2D eigenvalue weighted by atomic mass is 32.2. The summed E-state index contributed by atoms with van der Waals surface area (Å²) in [6, 6.07) is 12.6. The lowest BCUT2D eigenvalue weighted by Gasteiger charge is -2.20. The maximum atomic E-state index is 12.6. The summed E-state index contributed by atoms with van der Waals surface area (Å²) in [4.78, 5) is 16.0. The molecule has 150 valence electrons. The first-order valence-electron chi connectivity index (χ1n) is 9.06. The Hall–Kier alpha value is -2.74. The van der Waals surface area contributed by atoms with E-state index in [1.165, 1.54) is 25.3 Å². The number of carbonyl (C=O) groups excluding carboxylic acids is 1. The monoisotopic (exact) mass is 404 g/mol. The van der Waals surface area contributed by atoms with Crippen LogP contribution in [0, 0.1) is 5.92 Å². The summed E-state index contributed by atoms with van der Waals surface area (Å²) in [5.41, 5.74) is 0.660. The summed E-state index contributed by atoms with van der Waals surface area (Å²) in [6.45, 7) is 6.08. The molecule has 8 heteroatoms. The molecule has 1 aliphatic heterocycles. The van der Waals surface area contributed by atoms with E-state index in [1.54, 1.807) is 40.1 Å². The summed E-state index contributed by atoms with van der Waals surface area (Å²) in [6.07, 6.45) is 0. The molecule has 7 nitrogen and oxygen atoms in total. The number of benzene rings is 2. The number of para-hydroxylation sites is 2. The van der Waals surface area contributed by atoms with Gasteiger partial charge in [0.1, 0.15) is 4.90 Å². The number of rotatable bonds is 7. The largest absolute Gasteiger partial charge is 0.493 e. The average molecular weight is 404 g/mol. The Kier molecular flexibility index (Phi) is 5.79. The van der Waals surface area contributed by atoms with Crippen LogP contribution in [0.4, 0.5) is 10.5 Å². The zero-order valence-electron chi connectivity index (χ0n) is 16.2. The van der Waals surface area contributed by atoms with E-state index in [0.29, 0.717) is 37.0 Å². The number of amides is 2. The molecule has 2 aromatic carbocycles. The molecule has 0 aliphatic carbocycles. The second-order valence-corrected chi connectivity index (χ2v) is 8.50. The van der Waals surface area contributed by atoms with Crippen LogP contribution in [0.25, 0.3) is 0 Å². The number of methoxy groups -OCH3 is 1. The first kappa shape index (κ1) is 20.0. The smallest absolute Gasteiger partial charge is 0.339 e. The lowest BCUT2D eigenvalue weighted by Crippen LogP contribution is -2.34. The molecule has 0 atom stereocenters. The Labute approximate surface area is 165 Å². The quantitative estimate of drug-likeness (QED) is 0.662. The van der Waals surface area contributed by atoms with E-state index in [-0.39, 0.29) is 16.7 Å². The SMILES string of the molecule is COc1ccccc1OS(=O)(=O)c1ccc(N2CCN(CC(C)C)C2=O)cc1. The van der Waals surface area contributed by atoms with Gasteiger partial charge in [0.2, 0.25) is 0 Å². The zero-order chi connectivity index (χ0) is 20.3. The van der Waals surface area contributed by atoms with Gasteiger partial charge in [-0.15, -0.1) is 0 Å². The van der Waals surface area contributed by atoms with E-state index in [1.807, 2.05) is 0 Å². The minimum atomic E-state index is -4.02. The van der Waals surface area contributed by atoms with Crippen molar-refractivity contribution < 1.29 is 22.1 Å². The molecule has 1 fully saturated rings. The minimum absolute atomic E-state index is 0.00726. The van der Waals surface area contributed by atoms with Crippen molar-refractivity contribution in [3.63, 3.8) is 0 Å². The lowest BCUT2D eigenvalue weighted by molar-refractivity contribution is 0.215. The summed E-state index contributed by atoms with van der Waals surface area (Å²) in [7, 11) is -2.58. The molecule has 0 unspecified atom stereocenters. The van der Waals surface area contributed by atoms with E-state index in [4.69, 9.17) is 8.92 Å². The van der Waals surface area contributed by atoms with Gasteiger partial charge in [-0.1, -0.05) is 26.0 Å². The van der Waals surface area contributed by atoms with Gasteiger partial charge in [0, 0.05) is 25.3 Å². The average Bonchev–Trinajstić information content (AvgIpc) is 3.02. The number of nitrogens with zero attached hydrogens (tertiary/aromatic N) is 2. The highest BCUT2D eigenvalue weighted by molar-refractivity contribution is 7.87. The molecule has 28 heavy (non-hydrogen) atoms. The van der Waals surface area contributed by atoms with Crippen LogP contribution >= 0.6 is 0 Å². The number of hydrogen-bond donors (Lipinski definition) is 0. The Morgan fingerprint density at radius 1 is 1.00 bits per heavy atom. The minimum Gasteiger partial charge on any atom is -0.493 e. The molecule has 2 amide bonds. The van der Waals surface area contributed by atoms with Gasteiger partial charge in [-0.3, -0.25) is 4.90 Å². The van der Waals surface area contributed by atoms with Gasteiger partial charge in [-0.2, -0.15) is 8.42 Å². The van der Waals surface area contributed by atoms with Gasteiger partial charge in [0.15, 0.2) is 11.5 Å². The van der Waals surface area contributed by atoms with Gasteiger partial charge in [0.25, 0.3) is 0 Å². The fraction of sp³-hybridized carbons (Fsp3) is 0.350. The molecule has 0 saturated carbocycles. The van der Waals surface area contributed by atoms with Crippen LogP contribution in [0.5, 0.6) is 11.5 Å². The molecule has 0 N–H and O–H groups in total. The number of urea groups is 1. The van der Waals surface area contributed by atoms with Crippen LogP contribution in [-0.2, 0) is 10.1 Å². The standard InChI is InChI=1S/C20H24N2O5S/c1-15(2)14-21-12-13-22(20(21)23)16-8-10-17(11-9-16)28(24,25)27-19-7-5-4-6-18(19)26-3/h4-11,15H,12-14H2,1-3H3. The first-order valence-corrected chi connectivity index (χ1v) is 10.5. The fourth-order valence-corrected chi connectivity index (χ4v) is 4.02. The van der Waals surface area contributed by atoms with E-state index in [2.05, 4.69) is 13.8 Å². The molecule has 1 saturated heterocycles. The first-order chi connectivity index (χ1) is 13.3. The Bertz CT molecular complexity index is 941. The van der Waals surface area contributed by atoms with Crippen LogP contribution in [0.2, 0.25) is 0 Å². The third-order valence-corrected chi connectivity index (χ3v) is 5.63. The van der Waals surface area contributed by atoms with Crippen molar-refractivity contribution in [1.29, 1.82) is 0 Å². The van der Waals surface area contributed by atoms with Crippen molar-refractivity contribution in [3.05, 3.63) is 48.5 Å². The summed E-state index contributed by atoms with van der Waals surface area (Å²) in [5.74, 6) is 0.840. The Morgan fingerprint density at radius 3 is 2.25 bits per heavy atom. The molecular formula is C20H24N2O5S. The van der Waals surface area contributed by atoms with Crippen LogP contribution < -0.4 is 13.8 Å². The van der Waals surface area contributed by atoms with Crippen LogP contribution in [0.3, 0.4) is 0 Å². The topological polar surface area (TPSA) is 76.2 Å². The molecule has 3 rings (SSSR count). The van der Waals surface area contributed by atoms with E-state index < -0.39 is 10.1 Å². The maximum absolute atomic E-state index is 12.6. The van der Waals surface area contributed by atoms with E-state index >= 15 is 0 Å². The molecule has 0 bridgehead atoms. The van der Waals surface area contributed by atoms with E-state index in [0.717, 1.165) is 0 Å². The van der Waals surface area contributed by atoms with Gasteiger partial charge < -0.3 is 13.8 Å². The predicted octanol–water partition coefficient (Wildman–Crippen LogP) is 3.36.